The van der Waals surface area contributed by atoms with Gasteiger partial charge in [0.1, 0.15) is 11.8 Å². The lowest BCUT2D eigenvalue weighted by molar-refractivity contribution is -0.111. The minimum absolute atomic E-state index is 0.336. The summed E-state index contributed by atoms with van der Waals surface area (Å²) in [5.74, 6) is 1.77. The van der Waals surface area contributed by atoms with Gasteiger partial charge in [0.25, 0.3) is 0 Å². The van der Waals surface area contributed by atoms with Crippen LogP contribution in [0.2, 0.25) is 0 Å². The van der Waals surface area contributed by atoms with Crippen LogP contribution in [0.15, 0.2) is 24.5 Å². The molecule has 122 valence electrons. The van der Waals surface area contributed by atoms with Gasteiger partial charge < -0.3 is 23.5 Å². The van der Waals surface area contributed by atoms with E-state index in [9.17, 15) is 0 Å². The van der Waals surface area contributed by atoms with Crippen LogP contribution in [-0.4, -0.2) is 37.2 Å². The van der Waals surface area contributed by atoms with Crippen molar-refractivity contribution >= 4 is 0 Å². The van der Waals surface area contributed by atoms with Crippen LogP contribution in [-0.2, 0) is 22.4 Å². The van der Waals surface area contributed by atoms with Crippen LogP contribution in [0, 0.1) is 5.41 Å². The summed E-state index contributed by atoms with van der Waals surface area (Å²) in [6.07, 6.45) is 1.70. The third kappa shape index (κ3) is 2.80. The van der Waals surface area contributed by atoms with E-state index in [1.807, 2.05) is 18.2 Å². The number of methoxy groups -OCH3 is 3. The molecule has 0 spiro atoms. The first-order valence-corrected chi connectivity index (χ1v) is 7.20. The van der Waals surface area contributed by atoms with E-state index >= 15 is 0 Å². The Hall–Kier alpha value is -2.38. The average Bonchev–Trinajstić information content (AvgIpc) is 2.59. The molecule has 0 saturated carbocycles. The molecule has 0 fully saturated rings. The fourth-order valence-electron chi connectivity index (χ4n) is 2.59. The smallest absolute Gasteiger partial charge is 0.228 e. The Morgan fingerprint density at radius 3 is 2.78 bits per heavy atom. The molecule has 1 aromatic heterocycles. The molecule has 0 amide bonds. The first-order chi connectivity index (χ1) is 11.2. The van der Waals surface area contributed by atoms with Gasteiger partial charge in [0.05, 0.1) is 19.2 Å². The molecule has 7 nitrogen and oxygen atoms in total. The normalized spacial score (nSPS) is 12.5. The molecule has 23 heavy (non-hydrogen) atoms. The molecular weight excluding hydrogens is 298 g/mol. The summed E-state index contributed by atoms with van der Waals surface area (Å²) in [5.41, 5.74) is 2.04. The molecule has 0 unspecified atom stereocenters. The largest absolute Gasteiger partial charge is 0.493 e. The maximum atomic E-state index is 8.41. The van der Waals surface area contributed by atoms with E-state index in [1.54, 1.807) is 32.2 Å². The number of fused-ring (bicyclic) bond motifs is 2. The van der Waals surface area contributed by atoms with Crippen molar-refractivity contribution in [3.8, 4) is 17.4 Å². The lowest BCUT2D eigenvalue weighted by atomic mass is 10.0. The van der Waals surface area contributed by atoms with Crippen molar-refractivity contribution in [1.82, 2.24) is 9.55 Å². The SMILES string of the molecule is COc1cccc2c1Oc1ncn(CC(OC)OC)c(=N)c1C2. The average molecular weight is 317 g/mol. The van der Waals surface area contributed by atoms with Gasteiger partial charge in [-0.05, 0) is 6.07 Å². The number of hydrogen-bond donors (Lipinski definition) is 1. The van der Waals surface area contributed by atoms with Crippen LogP contribution in [0.3, 0.4) is 0 Å². The fraction of sp³-hybridized carbons (Fsp3) is 0.375. The van der Waals surface area contributed by atoms with E-state index in [-0.39, 0.29) is 0 Å². The van der Waals surface area contributed by atoms with Gasteiger partial charge in [-0.25, -0.2) is 4.98 Å². The van der Waals surface area contributed by atoms with Gasteiger partial charge in [-0.1, -0.05) is 12.1 Å². The van der Waals surface area contributed by atoms with Gasteiger partial charge in [-0.3, -0.25) is 5.41 Å². The standard InChI is InChI=1S/C16H19N3O4/c1-20-12-6-4-5-10-7-11-15(17)19(8-13(21-2)22-3)9-18-16(11)23-14(10)12/h4-6,9,13,17H,7-8H2,1-3H3. The molecule has 2 aromatic rings. The summed E-state index contributed by atoms with van der Waals surface area (Å²) < 4.78 is 23.2. The third-order valence-corrected chi connectivity index (χ3v) is 3.86. The summed E-state index contributed by atoms with van der Waals surface area (Å²) in [4.78, 5) is 4.33. The van der Waals surface area contributed by atoms with Gasteiger partial charge in [0, 0.05) is 26.2 Å². The fourth-order valence-corrected chi connectivity index (χ4v) is 2.59. The first kappa shape index (κ1) is 15.5. The van der Waals surface area contributed by atoms with Crippen molar-refractivity contribution < 1.29 is 18.9 Å². The Balaban J connectivity index is 1.97. The highest BCUT2D eigenvalue weighted by molar-refractivity contribution is 5.53. The second kappa shape index (κ2) is 6.39. The topological polar surface area (TPSA) is 78.6 Å². The Morgan fingerprint density at radius 2 is 2.09 bits per heavy atom. The summed E-state index contributed by atoms with van der Waals surface area (Å²) in [5, 5.41) is 8.41. The van der Waals surface area contributed by atoms with Gasteiger partial charge in [0.15, 0.2) is 17.8 Å². The number of benzene rings is 1. The molecule has 1 aromatic carbocycles. The Morgan fingerprint density at radius 1 is 1.30 bits per heavy atom. The van der Waals surface area contributed by atoms with Crippen molar-refractivity contribution in [3.05, 3.63) is 41.1 Å². The first-order valence-electron chi connectivity index (χ1n) is 7.20. The number of ether oxygens (including phenoxy) is 4. The second-order valence-corrected chi connectivity index (χ2v) is 5.16. The lowest BCUT2D eigenvalue weighted by Gasteiger charge is -2.23. The highest BCUT2D eigenvalue weighted by atomic mass is 16.7. The minimum Gasteiger partial charge on any atom is -0.493 e. The van der Waals surface area contributed by atoms with E-state index in [0.29, 0.717) is 35.8 Å². The Labute approximate surface area is 133 Å². The summed E-state index contributed by atoms with van der Waals surface area (Å²) in [6.45, 7) is 0.386. The highest BCUT2D eigenvalue weighted by Crippen LogP contribution is 2.39. The molecule has 0 aliphatic carbocycles. The zero-order valence-electron chi connectivity index (χ0n) is 13.3. The molecule has 2 heterocycles. The quantitative estimate of drug-likeness (QED) is 0.725. The zero-order chi connectivity index (χ0) is 16.4. The van der Waals surface area contributed by atoms with Crippen LogP contribution in [0.4, 0.5) is 0 Å². The zero-order valence-corrected chi connectivity index (χ0v) is 13.3. The van der Waals surface area contributed by atoms with Gasteiger partial charge in [-0.15, -0.1) is 0 Å². The van der Waals surface area contributed by atoms with Gasteiger partial charge in [0.2, 0.25) is 5.88 Å². The number of hydrogen-bond acceptors (Lipinski definition) is 6. The minimum atomic E-state index is -0.430. The van der Waals surface area contributed by atoms with Crippen molar-refractivity contribution in [3.63, 3.8) is 0 Å². The van der Waals surface area contributed by atoms with E-state index in [2.05, 4.69) is 4.98 Å². The summed E-state index contributed by atoms with van der Waals surface area (Å²) >= 11 is 0. The van der Waals surface area contributed by atoms with Gasteiger partial charge >= 0.3 is 0 Å². The van der Waals surface area contributed by atoms with Crippen molar-refractivity contribution in [2.75, 3.05) is 21.3 Å². The van der Waals surface area contributed by atoms with Crippen LogP contribution >= 0.6 is 0 Å². The van der Waals surface area contributed by atoms with E-state index in [1.165, 1.54) is 0 Å². The molecule has 0 saturated heterocycles. The molecule has 0 radical (unpaired) electrons. The van der Waals surface area contributed by atoms with E-state index < -0.39 is 6.29 Å². The second-order valence-electron chi connectivity index (χ2n) is 5.16. The number of nitrogens with one attached hydrogen (secondary N) is 1. The van der Waals surface area contributed by atoms with E-state index in [4.69, 9.17) is 24.4 Å². The van der Waals surface area contributed by atoms with Crippen molar-refractivity contribution in [2.45, 2.75) is 19.3 Å². The van der Waals surface area contributed by atoms with Gasteiger partial charge in [-0.2, -0.15) is 0 Å². The number of rotatable bonds is 5. The van der Waals surface area contributed by atoms with E-state index in [0.717, 1.165) is 11.1 Å². The molecular formula is C16H19N3O4. The predicted octanol–water partition coefficient (Wildman–Crippen LogP) is 1.69. The number of nitrogens with zero attached hydrogens (tertiary/aromatic N) is 2. The molecule has 0 atom stereocenters. The summed E-state index contributed by atoms with van der Waals surface area (Å²) in [6, 6.07) is 5.72. The highest BCUT2D eigenvalue weighted by Gasteiger charge is 2.24. The molecule has 7 heteroatoms. The lowest BCUT2D eigenvalue weighted by Crippen LogP contribution is -2.32. The van der Waals surface area contributed by atoms with Crippen LogP contribution in [0.1, 0.15) is 11.1 Å². The molecule has 1 aliphatic rings. The number of aromatic nitrogens is 2. The van der Waals surface area contributed by atoms with Crippen LogP contribution < -0.4 is 15.0 Å². The number of para-hydroxylation sites is 1. The monoisotopic (exact) mass is 317 g/mol. The maximum absolute atomic E-state index is 8.41. The molecule has 1 aliphatic heterocycles. The molecule has 0 bridgehead atoms. The maximum Gasteiger partial charge on any atom is 0.228 e. The predicted molar refractivity (Wildman–Crippen MR) is 81.8 cm³/mol. The molecule has 1 N–H and O–H groups in total. The Kier molecular flexibility index (Phi) is 4.31. The van der Waals surface area contributed by atoms with Crippen molar-refractivity contribution in [1.29, 1.82) is 5.41 Å². The summed E-state index contributed by atoms with van der Waals surface area (Å²) in [7, 11) is 4.73. The van der Waals surface area contributed by atoms with Crippen molar-refractivity contribution in [2.24, 2.45) is 0 Å². The van der Waals surface area contributed by atoms with Crippen LogP contribution in [0.25, 0.3) is 0 Å². The third-order valence-electron chi connectivity index (χ3n) is 3.86. The van der Waals surface area contributed by atoms with Crippen LogP contribution in [0.5, 0.6) is 17.4 Å². The Bertz CT molecular complexity index is 768. The molecule has 3 rings (SSSR count).